The molecular formula is C14H17NO3. The van der Waals surface area contributed by atoms with Crippen LogP contribution < -0.4 is 4.74 Å². The van der Waals surface area contributed by atoms with E-state index < -0.39 is 0 Å². The van der Waals surface area contributed by atoms with Crippen molar-refractivity contribution >= 4 is 11.8 Å². The molecule has 1 aromatic rings. The van der Waals surface area contributed by atoms with Crippen LogP contribution in [0.25, 0.3) is 0 Å². The molecule has 0 spiro atoms. The van der Waals surface area contributed by atoms with Crippen LogP contribution in [0.15, 0.2) is 24.3 Å². The predicted octanol–water partition coefficient (Wildman–Crippen LogP) is 1.95. The molecule has 1 saturated heterocycles. The van der Waals surface area contributed by atoms with Gasteiger partial charge in [0, 0.05) is 13.5 Å². The lowest BCUT2D eigenvalue weighted by Crippen LogP contribution is -2.25. The number of rotatable bonds is 4. The molecule has 1 aromatic carbocycles. The Morgan fingerprint density at radius 3 is 2.44 bits per heavy atom. The Balaban J connectivity index is 2.10. The summed E-state index contributed by atoms with van der Waals surface area (Å²) in [7, 11) is 1.53. The van der Waals surface area contributed by atoms with Gasteiger partial charge < -0.3 is 4.74 Å². The molecule has 4 heteroatoms. The average molecular weight is 247 g/mol. The Labute approximate surface area is 107 Å². The molecule has 2 rings (SSSR count). The molecule has 0 radical (unpaired) electrons. The van der Waals surface area contributed by atoms with E-state index in [0.717, 1.165) is 17.7 Å². The van der Waals surface area contributed by atoms with Gasteiger partial charge in [0.15, 0.2) is 0 Å². The lowest BCUT2D eigenvalue weighted by Gasteiger charge is -2.10. The van der Waals surface area contributed by atoms with Crippen LogP contribution >= 0.6 is 0 Å². The molecule has 1 unspecified atom stereocenters. The lowest BCUT2D eigenvalue weighted by molar-refractivity contribution is -0.137. The lowest BCUT2D eigenvalue weighted by atomic mass is 9.97. The molecule has 0 bridgehead atoms. The monoisotopic (exact) mass is 247 g/mol. The minimum atomic E-state index is -0.331. The van der Waals surface area contributed by atoms with E-state index in [2.05, 4.69) is 0 Å². The van der Waals surface area contributed by atoms with E-state index >= 15 is 0 Å². The van der Waals surface area contributed by atoms with Crippen molar-refractivity contribution in [1.82, 2.24) is 4.90 Å². The van der Waals surface area contributed by atoms with Gasteiger partial charge in [0.2, 0.25) is 11.8 Å². The smallest absolute Gasteiger partial charge is 0.236 e. The molecule has 4 nitrogen and oxygen atoms in total. The number of carbonyl (C=O) groups excluding carboxylic acids is 2. The first kappa shape index (κ1) is 12.6. The fraction of sp³-hybridized carbons (Fsp3) is 0.429. The maximum atomic E-state index is 11.8. The SMILES string of the molecule is CCCOc1ccc(C2CC(=O)N(C)C2=O)cc1. The van der Waals surface area contributed by atoms with Crippen LogP contribution in [0.4, 0.5) is 0 Å². The number of nitrogens with zero attached hydrogens (tertiary/aromatic N) is 1. The first-order chi connectivity index (χ1) is 8.63. The summed E-state index contributed by atoms with van der Waals surface area (Å²) in [5.41, 5.74) is 0.876. The second-order valence-electron chi connectivity index (χ2n) is 4.47. The highest BCUT2D eigenvalue weighted by molar-refractivity contribution is 6.05. The molecule has 0 aromatic heterocycles. The van der Waals surface area contributed by atoms with Crippen molar-refractivity contribution in [2.75, 3.05) is 13.7 Å². The molecule has 1 atom stereocenters. The number of carbonyl (C=O) groups is 2. The van der Waals surface area contributed by atoms with Crippen LogP contribution in [0.5, 0.6) is 5.75 Å². The topological polar surface area (TPSA) is 46.6 Å². The third-order valence-corrected chi connectivity index (χ3v) is 3.14. The Bertz CT molecular complexity index is 453. The van der Waals surface area contributed by atoms with Gasteiger partial charge in [-0.3, -0.25) is 14.5 Å². The van der Waals surface area contributed by atoms with E-state index in [1.165, 1.54) is 11.9 Å². The summed E-state index contributed by atoms with van der Waals surface area (Å²) in [5.74, 6) is 0.229. The second kappa shape index (κ2) is 5.21. The van der Waals surface area contributed by atoms with E-state index in [0.29, 0.717) is 6.61 Å². The number of hydrogen-bond donors (Lipinski definition) is 0. The van der Waals surface area contributed by atoms with Crippen LogP contribution in [-0.4, -0.2) is 30.4 Å². The first-order valence-corrected chi connectivity index (χ1v) is 6.16. The molecule has 0 aliphatic carbocycles. The normalized spacial score (nSPS) is 19.4. The fourth-order valence-electron chi connectivity index (χ4n) is 2.03. The van der Waals surface area contributed by atoms with Gasteiger partial charge in [-0.25, -0.2) is 0 Å². The maximum absolute atomic E-state index is 11.8. The van der Waals surface area contributed by atoms with Gasteiger partial charge in [0.25, 0.3) is 0 Å². The number of hydrogen-bond acceptors (Lipinski definition) is 3. The third kappa shape index (κ3) is 2.37. The molecule has 1 aliphatic rings. The molecule has 2 amide bonds. The van der Waals surface area contributed by atoms with E-state index in [1.54, 1.807) is 0 Å². The van der Waals surface area contributed by atoms with Gasteiger partial charge in [0.1, 0.15) is 5.75 Å². The molecular weight excluding hydrogens is 230 g/mol. The van der Waals surface area contributed by atoms with Crippen LogP contribution in [-0.2, 0) is 9.59 Å². The van der Waals surface area contributed by atoms with Crippen molar-refractivity contribution in [3.63, 3.8) is 0 Å². The molecule has 1 aliphatic heterocycles. The fourth-order valence-corrected chi connectivity index (χ4v) is 2.03. The van der Waals surface area contributed by atoms with Gasteiger partial charge >= 0.3 is 0 Å². The Morgan fingerprint density at radius 1 is 1.28 bits per heavy atom. The van der Waals surface area contributed by atoms with Crippen molar-refractivity contribution in [3.05, 3.63) is 29.8 Å². The van der Waals surface area contributed by atoms with Gasteiger partial charge in [-0.2, -0.15) is 0 Å². The number of benzene rings is 1. The second-order valence-corrected chi connectivity index (χ2v) is 4.47. The summed E-state index contributed by atoms with van der Waals surface area (Å²) in [5, 5.41) is 0. The summed E-state index contributed by atoms with van der Waals surface area (Å²) in [6, 6.07) is 7.42. The zero-order valence-electron chi connectivity index (χ0n) is 10.7. The molecule has 18 heavy (non-hydrogen) atoms. The average Bonchev–Trinajstić information content (AvgIpc) is 2.65. The summed E-state index contributed by atoms with van der Waals surface area (Å²) < 4.78 is 5.48. The van der Waals surface area contributed by atoms with Crippen LogP contribution in [0.2, 0.25) is 0 Å². The van der Waals surface area contributed by atoms with Gasteiger partial charge in [-0.1, -0.05) is 19.1 Å². The molecule has 1 fully saturated rings. The highest BCUT2D eigenvalue weighted by Gasteiger charge is 2.36. The summed E-state index contributed by atoms with van der Waals surface area (Å²) in [4.78, 5) is 24.5. The van der Waals surface area contributed by atoms with Crippen molar-refractivity contribution in [2.45, 2.75) is 25.7 Å². The van der Waals surface area contributed by atoms with Crippen LogP contribution in [0, 0.1) is 0 Å². The summed E-state index contributed by atoms with van der Waals surface area (Å²) in [6.07, 6.45) is 1.23. The van der Waals surface area contributed by atoms with E-state index in [4.69, 9.17) is 4.74 Å². The Hall–Kier alpha value is -1.84. The van der Waals surface area contributed by atoms with Crippen LogP contribution in [0.3, 0.4) is 0 Å². The molecule has 0 N–H and O–H groups in total. The van der Waals surface area contributed by atoms with Gasteiger partial charge in [-0.05, 0) is 24.1 Å². The van der Waals surface area contributed by atoms with E-state index in [1.807, 2.05) is 31.2 Å². The minimum Gasteiger partial charge on any atom is -0.494 e. The van der Waals surface area contributed by atoms with Crippen molar-refractivity contribution < 1.29 is 14.3 Å². The highest BCUT2D eigenvalue weighted by Crippen LogP contribution is 2.29. The highest BCUT2D eigenvalue weighted by atomic mass is 16.5. The number of ether oxygens (including phenoxy) is 1. The van der Waals surface area contributed by atoms with Crippen molar-refractivity contribution in [1.29, 1.82) is 0 Å². The number of imide groups is 1. The summed E-state index contributed by atoms with van der Waals surface area (Å²) >= 11 is 0. The first-order valence-electron chi connectivity index (χ1n) is 6.16. The van der Waals surface area contributed by atoms with Gasteiger partial charge in [-0.15, -0.1) is 0 Å². The van der Waals surface area contributed by atoms with Crippen molar-refractivity contribution in [3.8, 4) is 5.75 Å². The number of amides is 2. The van der Waals surface area contributed by atoms with E-state index in [9.17, 15) is 9.59 Å². The zero-order valence-corrected chi connectivity index (χ0v) is 10.7. The largest absolute Gasteiger partial charge is 0.494 e. The number of likely N-dealkylation sites (N-methyl/N-ethyl adjacent to an activating group) is 1. The Kier molecular flexibility index (Phi) is 3.65. The molecule has 96 valence electrons. The standard InChI is InChI=1S/C14H17NO3/c1-3-8-18-11-6-4-10(5-7-11)12-9-13(16)15(2)14(12)17/h4-7,12H,3,8-9H2,1-2H3. The van der Waals surface area contributed by atoms with Gasteiger partial charge in [0.05, 0.1) is 12.5 Å². The third-order valence-electron chi connectivity index (χ3n) is 3.14. The van der Waals surface area contributed by atoms with E-state index in [-0.39, 0.29) is 24.2 Å². The molecule has 0 saturated carbocycles. The molecule has 1 heterocycles. The van der Waals surface area contributed by atoms with Crippen LogP contribution in [0.1, 0.15) is 31.2 Å². The number of likely N-dealkylation sites (tertiary alicyclic amines) is 1. The minimum absolute atomic E-state index is 0.115. The summed E-state index contributed by atoms with van der Waals surface area (Å²) in [6.45, 7) is 2.73. The quantitative estimate of drug-likeness (QED) is 0.764. The zero-order chi connectivity index (χ0) is 13.1. The Morgan fingerprint density at radius 2 is 1.94 bits per heavy atom. The maximum Gasteiger partial charge on any atom is 0.236 e. The van der Waals surface area contributed by atoms with Crippen molar-refractivity contribution in [2.24, 2.45) is 0 Å². The predicted molar refractivity (Wildman–Crippen MR) is 67.4 cm³/mol.